The van der Waals surface area contributed by atoms with Gasteiger partial charge in [0.25, 0.3) is 0 Å². The smallest absolute Gasteiger partial charge is 0.242 e. The number of rotatable bonds is 7. The fourth-order valence-electron chi connectivity index (χ4n) is 2.39. The van der Waals surface area contributed by atoms with E-state index in [0.717, 1.165) is 12.8 Å². The SMILES string of the molecule is COCCNC(=O)C(C)NC(=O)C1(C(N)=S)CCCC1. The highest BCUT2D eigenvalue weighted by atomic mass is 32.1. The van der Waals surface area contributed by atoms with Crippen LogP contribution in [0, 0.1) is 5.41 Å². The first kappa shape index (κ1) is 16.8. The van der Waals surface area contributed by atoms with Crippen LogP contribution in [-0.2, 0) is 14.3 Å². The molecule has 1 rings (SSSR count). The van der Waals surface area contributed by atoms with E-state index >= 15 is 0 Å². The van der Waals surface area contributed by atoms with Crippen LogP contribution in [0.1, 0.15) is 32.6 Å². The van der Waals surface area contributed by atoms with E-state index in [1.165, 1.54) is 0 Å². The van der Waals surface area contributed by atoms with Crippen LogP contribution < -0.4 is 16.4 Å². The molecule has 0 aromatic heterocycles. The van der Waals surface area contributed by atoms with E-state index in [0.29, 0.717) is 26.0 Å². The van der Waals surface area contributed by atoms with Crippen LogP contribution in [0.4, 0.5) is 0 Å². The number of hydrogen-bond acceptors (Lipinski definition) is 4. The lowest BCUT2D eigenvalue weighted by molar-refractivity contribution is -0.132. The number of hydrogen-bond donors (Lipinski definition) is 3. The van der Waals surface area contributed by atoms with Crippen LogP contribution in [0.5, 0.6) is 0 Å². The second kappa shape index (κ2) is 7.54. The van der Waals surface area contributed by atoms with Crippen LogP contribution in [0.3, 0.4) is 0 Å². The summed E-state index contributed by atoms with van der Waals surface area (Å²) in [5.41, 5.74) is 4.96. The molecule has 20 heavy (non-hydrogen) atoms. The predicted octanol–water partition coefficient (Wildman–Crippen LogP) is 0.100. The summed E-state index contributed by atoms with van der Waals surface area (Å²) in [5.74, 6) is -0.483. The largest absolute Gasteiger partial charge is 0.392 e. The zero-order valence-corrected chi connectivity index (χ0v) is 12.8. The molecule has 0 aromatic rings. The van der Waals surface area contributed by atoms with Gasteiger partial charge in [0.1, 0.15) is 6.04 Å². The molecule has 0 aliphatic heterocycles. The fraction of sp³-hybridized carbons (Fsp3) is 0.769. The fourth-order valence-corrected chi connectivity index (χ4v) is 2.69. The van der Waals surface area contributed by atoms with E-state index < -0.39 is 11.5 Å². The van der Waals surface area contributed by atoms with E-state index in [9.17, 15) is 9.59 Å². The van der Waals surface area contributed by atoms with Crippen LogP contribution in [0.15, 0.2) is 0 Å². The van der Waals surface area contributed by atoms with Gasteiger partial charge in [0, 0.05) is 13.7 Å². The summed E-state index contributed by atoms with van der Waals surface area (Å²) >= 11 is 5.05. The number of ether oxygens (including phenoxy) is 1. The monoisotopic (exact) mass is 301 g/mol. The Kier molecular flexibility index (Phi) is 6.35. The first-order valence-electron chi connectivity index (χ1n) is 6.81. The molecule has 1 aliphatic rings. The minimum Gasteiger partial charge on any atom is -0.392 e. The lowest BCUT2D eigenvalue weighted by Gasteiger charge is -2.27. The van der Waals surface area contributed by atoms with Crippen molar-refractivity contribution in [3.8, 4) is 0 Å². The van der Waals surface area contributed by atoms with E-state index in [2.05, 4.69) is 10.6 Å². The Balaban J connectivity index is 2.56. The molecule has 7 heteroatoms. The van der Waals surface area contributed by atoms with Gasteiger partial charge in [-0.05, 0) is 19.8 Å². The molecule has 0 bridgehead atoms. The number of amides is 2. The maximum atomic E-state index is 12.4. The van der Waals surface area contributed by atoms with Gasteiger partial charge >= 0.3 is 0 Å². The molecular weight excluding hydrogens is 278 g/mol. The molecule has 0 saturated heterocycles. The Labute approximate surface area is 124 Å². The highest BCUT2D eigenvalue weighted by molar-refractivity contribution is 7.80. The Morgan fingerprint density at radius 1 is 1.40 bits per heavy atom. The van der Waals surface area contributed by atoms with Gasteiger partial charge in [-0.25, -0.2) is 0 Å². The first-order valence-corrected chi connectivity index (χ1v) is 7.22. The van der Waals surface area contributed by atoms with Gasteiger partial charge in [-0.1, -0.05) is 25.1 Å². The Morgan fingerprint density at radius 3 is 2.50 bits per heavy atom. The molecule has 1 atom stereocenters. The lowest BCUT2D eigenvalue weighted by atomic mass is 9.85. The zero-order chi connectivity index (χ0) is 15.2. The summed E-state index contributed by atoms with van der Waals surface area (Å²) in [5, 5.41) is 5.39. The van der Waals surface area contributed by atoms with Gasteiger partial charge in [-0.3, -0.25) is 9.59 Å². The molecular formula is C13H23N3O3S. The molecule has 0 aromatic carbocycles. The average Bonchev–Trinajstić information content (AvgIpc) is 2.89. The number of methoxy groups -OCH3 is 1. The van der Waals surface area contributed by atoms with Crippen molar-refractivity contribution >= 4 is 29.0 Å². The lowest BCUT2D eigenvalue weighted by Crippen LogP contribution is -2.53. The summed E-state index contributed by atoms with van der Waals surface area (Å²) in [4.78, 5) is 24.4. The van der Waals surface area contributed by atoms with Gasteiger partial charge in [-0.15, -0.1) is 0 Å². The molecule has 6 nitrogen and oxygen atoms in total. The normalized spacial score (nSPS) is 18.3. The second-order valence-electron chi connectivity index (χ2n) is 5.13. The molecule has 0 heterocycles. The molecule has 0 spiro atoms. The van der Waals surface area contributed by atoms with Gasteiger partial charge < -0.3 is 21.1 Å². The van der Waals surface area contributed by atoms with E-state index in [-0.39, 0.29) is 16.8 Å². The van der Waals surface area contributed by atoms with E-state index in [4.69, 9.17) is 22.7 Å². The number of nitrogens with one attached hydrogen (secondary N) is 2. The van der Waals surface area contributed by atoms with Crippen molar-refractivity contribution in [3.63, 3.8) is 0 Å². The standard InChI is InChI=1S/C13H23N3O3S/c1-9(10(17)15-7-8-19-2)16-12(18)13(11(14)20)5-3-4-6-13/h9H,3-8H2,1-2H3,(H2,14,20)(H,15,17)(H,16,18). The second-order valence-corrected chi connectivity index (χ2v) is 5.57. The van der Waals surface area contributed by atoms with Gasteiger partial charge in [0.15, 0.2) is 0 Å². The minimum absolute atomic E-state index is 0.222. The molecule has 2 amide bonds. The highest BCUT2D eigenvalue weighted by Crippen LogP contribution is 2.38. The quantitative estimate of drug-likeness (QED) is 0.458. The van der Waals surface area contributed by atoms with Crippen LogP contribution >= 0.6 is 12.2 Å². The minimum atomic E-state index is -0.781. The molecule has 1 aliphatic carbocycles. The van der Waals surface area contributed by atoms with Crippen molar-refractivity contribution in [2.45, 2.75) is 38.6 Å². The highest BCUT2D eigenvalue weighted by Gasteiger charge is 2.44. The van der Waals surface area contributed by atoms with E-state index in [1.807, 2.05) is 0 Å². The Hall–Kier alpha value is -1.21. The molecule has 4 N–H and O–H groups in total. The van der Waals surface area contributed by atoms with Gasteiger partial charge in [0.05, 0.1) is 17.0 Å². The third-order valence-corrected chi connectivity index (χ3v) is 4.10. The van der Waals surface area contributed by atoms with Crippen molar-refractivity contribution < 1.29 is 14.3 Å². The number of carbonyl (C=O) groups excluding carboxylic acids is 2. The molecule has 114 valence electrons. The molecule has 1 fully saturated rings. The summed E-state index contributed by atoms with van der Waals surface area (Å²) in [6, 6.07) is -0.619. The summed E-state index contributed by atoms with van der Waals surface area (Å²) < 4.78 is 4.85. The van der Waals surface area contributed by atoms with Crippen molar-refractivity contribution in [1.29, 1.82) is 0 Å². The number of nitrogens with two attached hydrogens (primary N) is 1. The molecule has 1 saturated carbocycles. The maximum Gasteiger partial charge on any atom is 0.242 e. The third kappa shape index (κ3) is 3.89. The number of carbonyl (C=O) groups is 2. The first-order chi connectivity index (χ1) is 9.44. The Morgan fingerprint density at radius 2 is 2.00 bits per heavy atom. The predicted molar refractivity (Wildman–Crippen MR) is 80.2 cm³/mol. The average molecular weight is 301 g/mol. The van der Waals surface area contributed by atoms with E-state index in [1.54, 1.807) is 14.0 Å². The van der Waals surface area contributed by atoms with Gasteiger partial charge in [-0.2, -0.15) is 0 Å². The molecule has 1 unspecified atom stereocenters. The van der Waals surface area contributed by atoms with Crippen molar-refractivity contribution in [1.82, 2.24) is 10.6 Å². The zero-order valence-electron chi connectivity index (χ0n) is 12.0. The summed E-state index contributed by atoms with van der Waals surface area (Å²) in [6.07, 6.45) is 3.18. The third-order valence-electron chi connectivity index (χ3n) is 3.71. The molecule has 0 radical (unpaired) electrons. The Bertz CT molecular complexity index is 381. The van der Waals surface area contributed by atoms with Crippen LogP contribution in [-0.4, -0.2) is 43.1 Å². The van der Waals surface area contributed by atoms with Crippen molar-refractivity contribution in [3.05, 3.63) is 0 Å². The maximum absolute atomic E-state index is 12.4. The topological polar surface area (TPSA) is 93.5 Å². The van der Waals surface area contributed by atoms with Crippen LogP contribution in [0.25, 0.3) is 0 Å². The van der Waals surface area contributed by atoms with Gasteiger partial charge in [0.2, 0.25) is 11.8 Å². The van der Waals surface area contributed by atoms with Crippen LogP contribution in [0.2, 0.25) is 0 Å². The number of thiocarbonyl (C=S) groups is 1. The summed E-state index contributed by atoms with van der Waals surface area (Å²) in [6.45, 7) is 2.49. The summed E-state index contributed by atoms with van der Waals surface area (Å²) in [7, 11) is 1.56. The van der Waals surface area contributed by atoms with Crippen molar-refractivity contribution in [2.24, 2.45) is 11.1 Å². The van der Waals surface area contributed by atoms with Crippen molar-refractivity contribution in [2.75, 3.05) is 20.3 Å².